The summed E-state index contributed by atoms with van der Waals surface area (Å²) in [6.07, 6.45) is -11.8. The molecule has 3 aliphatic carbocycles. The Morgan fingerprint density at radius 2 is 1.49 bits per heavy atom. The molecule has 0 radical (unpaired) electrons. The fourth-order valence-electron chi connectivity index (χ4n) is 11.7. The summed E-state index contributed by atoms with van der Waals surface area (Å²) in [6, 6.07) is 14.0. The third-order valence-electron chi connectivity index (χ3n) is 15.3. The van der Waals surface area contributed by atoms with Crippen molar-refractivity contribution in [1.29, 1.82) is 0 Å². The van der Waals surface area contributed by atoms with Crippen molar-refractivity contribution in [2.45, 2.75) is 134 Å². The molecule has 0 spiro atoms. The highest BCUT2D eigenvalue weighted by atomic mass is 32.1. The maximum absolute atomic E-state index is 15.3. The second-order valence-electron chi connectivity index (χ2n) is 21.2. The molecule has 3 aromatic rings. The monoisotopic (exact) mass is 1040 g/mol. The Bertz CT molecular complexity index is 2650. The number of benzene rings is 2. The molecule has 1 amide bonds. The molecule has 2 aliphatic heterocycles. The molecule has 1 unspecified atom stereocenters. The molecule has 5 N–H and O–H groups in total. The smallest absolute Gasteiger partial charge is 0.408 e. The van der Waals surface area contributed by atoms with Crippen molar-refractivity contribution >= 4 is 53.1 Å². The highest BCUT2D eigenvalue weighted by Gasteiger charge is 2.79. The zero-order chi connectivity index (χ0) is 53.2. The third-order valence-corrected chi connectivity index (χ3v) is 16.4. The molecule has 21 heteroatoms. The number of carboxylic acid groups (broad SMARTS) is 1. The van der Waals surface area contributed by atoms with E-state index in [1.54, 1.807) is 77.9 Å². The van der Waals surface area contributed by atoms with Crippen LogP contribution in [0.1, 0.15) is 116 Å². The van der Waals surface area contributed by atoms with E-state index in [2.05, 4.69) is 5.32 Å². The maximum Gasteiger partial charge on any atom is 0.408 e. The lowest BCUT2D eigenvalue weighted by atomic mass is 9.42. The van der Waals surface area contributed by atoms with Crippen LogP contribution in [-0.2, 0) is 42.8 Å². The number of hydrogen-bond donors (Lipinski definition) is 5. The number of carboxylic acids is 1. The fourth-order valence-corrected chi connectivity index (χ4v) is 12.7. The van der Waals surface area contributed by atoms with Crippen molar-refractivity contribution in [2.24, 2.45) is 28.6 Å². The summed E-state index contributed by atoms with van der Waals surface area (Å²) < 4.78 is 47.9. The molecule has 2 aromatic carbocycles. The van der Waals surface area contributed by atoms with Gasteiger partial charge < -0.3 is 63.6 Å². The van der Waals surface area contributed by atoms with E-state index in [1.807, 2.05) is 0 Å². The van der Waals surface area contributed by atoms with Gasteiger partial charge in [0.15, 0.2) is 32.6 Å². The van der Waals surface area contributed by atoms with Gasteiger partial charge in [-0.05, 0) is 51.3 Å². The zero-order valence-corrected chi connectivity index (χ0v) is 42.4. The molecule has 1 aromatic heterocycles. The minimum absolute atomic E-state index is 0.0335. The normalized spacial score (nSPS) is 31.9. The van der Waals surface area contributed by atoms with Gasteiger partial charge in [-0.1, -0.05) is 69.3 Å². The molecule has 73 heavy (non-hydrogen) atoms. The highest BCUT2D eigenvalue weighted by molar-refractivity contribution is 7.16. The summed E-state index contributed by atoms with van der Waals surface area (Å²) in [6.45, 7) is 11.8. The van der Waals surface area contributed by atoms with E-state index in [1.165, 1.54) is 31.2 Å². The molecule has 2 bridgehead atoms. The van der Waals surface area contributed by atoms with Crippen molar-refractivity contribution < 1.29 is 91.9 Å². The highest BCUT2D eigenvalue weighted by Crippen LogP contribution is 2.65. The molecule has 394 valence electrons. The number of rotatable bonds is 11. The molecule has 3 heterocycles. The Hall–Kier alpha value is -6.13. The number of carbonyl (C=O) groups excluding carboxylic acids is 6. The number of fused-ring (bicyclic) bond motifs is 6. The Labute approximate surface area is 424 Å². The van der Waals surface area contributed by atoms with Gasteiger partial charge in [-0.2, -0.15) is 0 Å². The summed E-state index contributed by atoms with van der Waals surface area (Å²) in [5, 5.41) is 51.2. The number of nitrogens with one attached hydrogen (secondary N) is 1. The topological polar surface area (TPSA) is 286 Å². The number of hydrogen-bond acceptors (Lipinski definition) is 19. The zero-order valence-electron chi connectivity index (χ0n) is 41.6. The minimum atomic E-state index is -2.45. The standard InChI is InChI=1S/C52H61NO19S/c1-25-29(68-45(61)35(33(27-16-11-9-12-17-27)53-47(63)72-48(3,4)5)69-46(62)39-37-36(38(73-39)43(58)59)65-20-15-21-66-37)23-52(64)42(70-44(60)28-18-13-10-14-19-28)40-50(8,41(57)34(56)32(25)49(52,6)7)30(55)22-31-51(40,24-67-31)71-26(2)54/h9-14,16-19,25,29-35,40,42,55-56,64H,15,20-24H2,1-8H3,(H,53,63)(H,58,59)/t25-,29+,30+,31-,32?,33+,34-,35-,40+,42+,50-,51+,52-/m1/s1. The Kier molecular flexibility index (Phi) is 14.3. The van der Waals surface area contributed by atoms with E-state index >= 15 is 9.59 Å². The second kappa shape index (κ2) is 19.6. The number of carbonyl (C=O) groups is 7. The summed E-state index contributed by atoms with van der Waals surface area (Å²) in [5.41, 5.74) is -8.80. The summed E-state index contributed by atoms with van der Waals surface area (Å²) in [5.74, 6) is -11.2. The largest absolute Gasteiger partial charge is 0.488 e. The van der Waals surface area contributed by atoms with Crippen LogP contribution < -0.4 is 14.8 Å². The Morgan fingerprint density at radius 1 is 0.877 bits per heavy atom. The lowest BCUT2D eigenvalue weighted by molar-refractivity contribution is -0.355. The molecular weight excluding hydrogens is 975 g/mol. The van der Waals surface area contributed by atoms with Crippen LogP contribution in [0.25, 0.3) is 0 Å². The number of aromatic carboxylic acids is 1. The first-order valence-electron chi connectivity index (χ1n) is 24.1. The number of ether oxygens (including phenoxy) is 8. The van der Waals surface area contributed by atoms with Crippen molar-refractivity contribution in [3.63, 3.8) is 0 Å². The summed E-state index contributed by atoms with van der Waals surface area (Å²) >= 11 is 0.475. The quantitative estimate of drug-likeness (QED) is 0.125. The summed E-state index contributed by atoms with van der Waals surface area (Å²) in [4.78, 5) is 98.1. The predicted octanol–water partition coefficient (Wildman–Crippen LogP) is 4.98. The molecule has 1 saturated heterocycles. The van der Waals surface area contributed by atoms with E-state index in [9.17, 15) is 44.4 Å². The van der Waals surface area contributed by atoms with Crippen LogP contribution in [0, 0.1) is 28.6 Å². The van der Waals surface area contributed by atoms with Crippen LogP contribution in [0.4, 0.5) is 4.79 Å². The fraction of sp³-hybridized carbons (Fsp3) is 0.558. The average Bonchev–Trinajstić information content (AvgIpc) is 3.52. The van der Waals surface area contributed by atoms with Gasteiger partial charge >= 0.3 is 35.9 Å². The molecule has 4 fully saturated rings. The van der Waals surface area contributed by atoms with Gasteiger partial charge in [0.05, 0.1) is 42.8 Å². The maximum atomic E-state index is 15.3. The van der Waals surface area contributed by atoms with Gasteiger partial charge in [0.25, 0.3) is 0 Å². The predicted molar refractivity (Wildman–Crippen MR) is 254 cm³/mol. The average molecular weight is 1040 g/mol. The van der Waals surface area contributed by atoms with Crippen LogP contribution in [0.3, 0.4) is 0 Å². The van der Waals surface area contributed by atoms with Crippen LogP contribution >= 0.6 is 11.3 Å². The van der Waals surface area contributed by atoms with E-state index in [4.69, 9.17) is 37.9 Å². The van der Waals surface area contributed by atoms with Gasteiger partial charge in [0, 0.05) is 37.5 Å². The van der Waals surface area contributed by atoms with E-state index in [0.29, 0.717) is 17.8 Å². The number of ketones is 1. The molecule has 13 atom stereocenters. The van der Waals surface area contributed by atoms with Crippen molar-refractivity contribution in [3.05, 3.63) is 81.5 Å². The third kappa shape index (κ3) is 9.31. The number of aliphatic hydroxyl groups is 3. The first-order chi connectivity index (χ1) is 34.3. The number of thiophene rings is 1. The second-order valence-corrected chi connectivity index (χ2v) is 22.2. The molecule has 3 saturated carbocycles. The van der Waals surface area contributed by atoms with Crippen molar-refractivity contribution in [3.8, 4) is 11.5 Å². The van der Waals surface area contributed by atoms with Crippen LogP contribution in [0.5, 0.6) is 11.5 Å². The van der Waals surface area contributed by atoms with Crippen molar-refractivity contribution in [1.82, 2.24) is 5.32 Å². The molecule has 8 rings (SSSR count). The lowest BCUT2D eigenvalue weighted by Crippen LogP contribution is -2.83. The number of esters is 4. The van der Waals surface area contributed by atoms with Gasteiger partial charge in [-0.3, -0.25) is 9.59 Å². The number of amides is 1. The Morgan fingerprint density at radius 3 is 2.07 bits per heavy atom. The van der Waals surface area contributed by atoms with Crippen LogP contribution in [-0.4, -0.2) is 135 Å². The van der Waals surface area contributed by atoms with Crippen LogP contribution in [0.15, 0.2) is 60.7 Å². The van der Waals surface area contributed by atoms with Crippen LogP contribution in [0.2, 0.25) is 0 Å². The van der Waals surface area contributed by atoms with E-state index in [0.717, 1.165) is 6.92 Å². The first-order valence-corrected chi connectivity index (χ1v) is 24.9. The van der Waals surface area contributed by atoms with Gasteiger partial charge in [-0.15, -0.1) is 11.3 Å². The minimum Gasteiger partial charge on any atom is -0.488 e. The van der Waals surface area contributed by atoms with Gasteiger partial charge in [0.2, 0.25) is 6.10 Å². The lowest BCUT2D eigenvalue weighted by Gasteiger charge is -2.68. The number of aliphatic hydroxyl groups excluding tert-OH is 2. The first kappa shape index (κ1) is 53.2. The Balaban J connectivity index is 1.26. The number of Topliss-reactive ketones (excluding diaryl/α,β-unsaturated/α-hetero) is 1. The summed E-state index contributed by atoms with van der Waals surface area (Å²) in [7, 11) is 0. The van der Waals surface area contributed by atoms with Crippen molar-refractivity contribution in [2.75, 3.05) is 19.8 Å². The van der Waals surface area contributed by atoms with E-state index < -0.39 is 136 Å². The van der Waals surface area contributed by atoms with E-state index in [-0.39, 0.29) is 58.6 Å². The molecule has 20 nitrogen and oxygen atoms in total. The number of alkyl carbamates (subject to hydrolysis) is 1. The molecule has 5 aliphatic rings. The molecular formula is C52H61NO19S. The SMILES string of the molecule is CC(=O)O[C@@]12CO[C@@H]1C[C@H](O)[C@@]1(C)C(=O)[C@H](O)C3[C@H](C)[C@@H](OC(=O)[C@H](OC(=O)c4sc(C(=O)O)c5c4OCCCO5)[C@@H](NC(=O)OC(C)(C)C)c4ccccc4)C[C@@](O)([C@@H](OC(=O)c4ccccc4)[C@H]21)C3(C)C. The van der Waals surface area contributed by atoms with Gasteiger partial charge in [-0.25, -0.2) is 24.0 Å². The van der Waals surface area contributed by atoms with Gasteiger partial charge in [0.1, 0.15) is 41.7 Å².